The third-order valence-electron chi connectivity index (χ3n) is 3.50. The molecule has 1 unspecified atom stereocenters. The van der Waals surface area contributed by atoms with Gasteiger partial charge in [0.2, 0.25) is 0 Å². The van der Waals surface area contributed by atoms with E-state index in [-0.39, 0.29) is 24.8 Å². The Morgan fingerprint density at radius 3 is 2.59 bits per heavy atom. The lowest BCUT2D eigenvalue weighted by atomic mass is 10.1. The summed E-state index contributed by atoms with van der Waals surface area (Å²) in [6.07, 6.45) is 7.81. The molecule has 0 bridgehead atoms. The molecule has 3 rings (SSSR count). The van der Waals surface area contributed by atoms with Gasteiger partial charge in [0.15, 0.2) is 0 Å². The van der Waals surface area contributed by atoms with Gasteiger partial charge in [-0.1, -0.05) is 6.92 Å². The van der Waals surface area contributed by atoms with Crippen LogP contribution in [0.2, 0.25) is 0 Å². The second-order valence-electron chi connectivity index (χ2n) is 5.13. The molecule has 1 N–H and O–H groups in total. The van der Waals surface area contributed by atoms with Crippen molar-refractivity contribution >= 4 is 41.9 Å². The predicted molar refractivity (Wildman–Crippen MR) is 93.9 cm³/mol. The average molecular weight is 340 g/mol. The second kappa shape index (κ2) is 7.96. The van der Waals surface area contributed by atoms with Crippen LogP contribution in [0.25, 0.3) is 16.6 Å². The topological polar surface area (TPSA) is 59.5 Å². The molecular weight excluding hydrogens is 321 g/mol. The van der Waals surface area contributed by atoms with Gasteiger partial charge in [0, 0.05) is 29.3 Å². The lowest BCUT2D eigenvalue weighted by molar-refractivity contribution is 0.511. The van der Waals surface area contributed by atoms with Crippen molar-refractivity contribution in [1.82, 2.24) is 19.3 Å². The molecule has 0 aliphatic heterocycles. The Bertz CT molecular complexity index is 721. The summed E-state index contributed by atoms with van der Waals surface area (Å²) in [4.78, 5) is 0. The zero-order valence-electron chi connectivity index (χ0n) is 12.2. The van der Waals surface area contributed by atoms with Crippen LogP contribution < -0.4 is 0 Å². The molecule has 0 radical (unpaired) electrons. The summed E-state index contributed by atoms with van der Waals surface area (Å²) < 4.78 is 4.15. The van der Waals surface area contributed by atoms with Crippen LogP contribution in [0.15, 0.2) is 43.1 Å². The fraction of sp³-hybridized carbons (Fsp3) is 0.267. The van der Waals surface area contributed by atoms with E-state index < -0.39 is 0 Å². The normalized spacial score (nSPS) is 11.5. The number of halogens is 2. The fourth-order valence-corrected chi connectivity index (χ4v) is 2.45. The van der Waals surface area contributed by atoms with Crippen molar-refractivity contribution in [3.8, 4) is 5.69 Å². The van der Waals surface area contributed by atoms with Crippen LogP contribution in [-0.2, 0) is 6.54 Å². The van der Waals surface area contributed by atoms with Gasteiger partial charge in [0.1, 0.15) is 12.7 Å². The summed E-state index contributed by atoms with van der Waals surface area (Å²) >= 11 is 0. The number of hydrogen-bond acceptors (Lipinski definition) is 3. The largest absolute Gasteiger partial charge is 0.347 e. The Labute approximate surface area is 141 Å². The molecule has 22 heavy (non-hydrogen) atoms. The second-order valence-corrected chi connectivity index (χ2v) is 5.13. The van der Waals surface area contributed by atoms with Crippen molar-refractivity contribution in [2.45, 2.75) is 19.9 Å². The van der Waals surface area contributed by atoms with Gasteiger partial charge in [-0.15, -0.1) is 35.0 Å². The Morgan fingerprint density at radius 2 is 1.91 bits per heavy atom. The van der Waals surface area contributed by atoms with Crippen molar-refractivity contribution < 1.29 is 0 Å². The van der Waals surface area contributed by atoms with Crippen LogP contribution in [0.3, 0.4) is 0 Å². The Morgan fingerprint density at radius 1 is 1.18 bits per heavy atom. The maximum atomic E-state index is 7.18. The molecule has 0 aliphatic carbocycles. The van der Waals surface area contributed by atoms with Crippen molar-refractivity contribution in [3.05, 3.63) is 43.1 Å². The summed E-state index contributed by atoms with van der Waals surface area (Å²) in [6.45, 7) is 3.10. The van der Waals surface area contributed by atoms with Crippen LogP contribution in [0.1, 0.15) is 13.3 Å². The third-order valence-corrected chi connectivity index (χ3v) is 3.50. The van der Waals surface area contributed by atoms with E-state index in [0.29, 0.717) is 5.92 Å². The molecule has 0 aliphatic rings. The van der Waals surface area contributed by atoms with Gasteiger partial charge >= 0.3 is 0 Å². The smallest absolute Gasteiger partial charge is 0.123 e. The highest BCUT2D eigenvalue weighted by Crippen LogP contribution is 2.21. The molecule has 2 aromatic heterocycles. The van der Waals surface area contributed by atoms with E-state index in [1.165, 1.54) is 17.1 Å². The standard InChI is InChI=1S/C15H17N5.2ClH/c1-12(4-6-16)9-19-7-5-13-8-14(2-3-15(13)19)20-10-17-18-11-20;;/h2-3,5-8,10-12,16H,4,9H2,1H3;2*1H. The highest BCUT2D eigenvalue weighted by molar-refractivity contribution is 5.85. The van der Waals surface area contributed by atoms with Crippen molar-refractivity contribution in [2.24, 2.45) is 5.92 Å². The molecule has 0 saturated heterocycles. The lowest BCUT2D eigenvalue weighted by Gasteiger charge is -2.11. The summed E-state index contributed by atoms with van der Waals surface area (Å²) in [5.74, 6) is 0.473. The fourth-order valence-electron chi connectivity index (χ4n) is 2.45. The summed E-state index contributed by atoms with van der Waals surface area (Å²) in [6, 6.07) is 8.46. The van der Waals surface area contributed by atoms with Gasteiger partial charge in [-0.3, -0.25) is 4.57 Å². The minimum atomic E-state index is 0. The van der Waals surface area contributed by atoms with E-state index in [4.69, 9.17) is 5.41 Å². The minimum absolute atomic E-state index is 0. The molecule has 0 fully saturated rings. The summed E-state index contributed by atoms with van der Waals surface area (Å²) in [5, 5.41) is 16.1. The van der Waals surface area contributed by atoms with Gasteiger partial charge in [-0.05, 0) is 42.8 Å². The SMILES string of the molecule is CC(CC=N)Cn1ccc2cc(-n3cnnc3)ccc21.Cl.Cl. The first-order valence-corrected chi connectivity index (χ1v) is 6.71. The summed E-state index contributed by atoms with van der Waals surface area (Å²) in [7, 11) is 0. The summed E-state index contributed by atoms with van der Waals surface area (Å²) in [5.41, 5.74) is 2.28. The van der Waals surface area contributed by atoms with Crippen LogP contribution in [0.4, 0.5) is 0 Å². The van der Waals surface area contributed by atoms with Crippen LogP contribution in [0.5, 0.6) is 0 Å². The van der Waals surface area contributed by atoms with E-state index in [1.54, 1.807) is 12.7 Å². The van der Waals surface area contributed by atoms with Gasteiger partial charge in [0.05, 0.1) is 0 Å². The van der Waals surface area contributed by atoms with Gasteiger partial charge in [-0.2, -0.15) is 0 Å². The molecule has 1 aromatic carbocycles. The van der Waals surface area contributed by atoms with E-state index in [2.05, 4.69) is 52.2 Å². The Balaban J connectivity index is 0.00000121. The Kier molecular flexibility index (Phi) is 6.59. The molecular formula is C15H19Cl2N5. The molecule has 2 heterocycles. The number of aromatic nitrogens is 4. The number of hydrogen-bond donors (Lipinski definition) is 1. The molecule has 0 saturated carbocycles. The van der Waals surface area contributed by atoms with E-state index in [9.17, 15) is 0 Å². The molecule has 3 aromatic rings. The number of nitrogens with one attached hydrogen (secondary N) is 1. The maximum Gasteiger partial charge on any atom is 0.123 e. The van der Waals surface area contributed by atoms with Crippen molar-refractivity contribution in [3.63, 3.8) is 0 Å². The third kappa shape index (κ3) is 3.67. The lowest BCUT2D eigenvalue weighted by Crippen LogP contribution is -2.06. The van der Waals surface area contributed by atoms with Gasteiger partial charge in [0.25, 0.3) is 0 Å². The quantitative estimate of drug-likeness (QED) is 0.719. The number of benzene rings is 1. The monoisotopic (exact) mass is 339 g/mol. The highest BCUT2D eigenvalue weighted by Gasteiger charge is 2.06. The number of fused-ring (bicyclic) bond motifs is 1. The maximum absolute atomic E-state index is 7.18. The first kappa shape index (κ1) is 18.2. The van der Waals surface area contributed by atoms with Crippen LogP contribution >= 0.6 is 24.8 Å². The first-order valence-electron chi connectivity index (χ1n) is 6.71. The van der Waals surface area contributed by atoms with Gasteiger partial charge in [-0.25, -0.2) is 0 Å². The molecule has 5 nitrogen and oxygen atoms in total. The Hall–Kier alpha value is -1.85. The van der Waals surface area contributed by atoms with Gasteiger partial charge < -0.3 is 9.98 Å². The number of rotatable bonds is 5. The molecule has 118 valence electrons. The predicted octanol–water partition coefficient (Wildman–Crippen LogP) is 3.74. The zero-order chi connectivity index (χ0) is 13.9. The minimum Gasteiger partial charge on any atom is -0.347 e. The highest BCUT2D eigenvalue weighted by atomic mass is 35.5. The molecule has 1 atom stereocenters. The van der Waals surface area contributed by atoms with Crippen molar-refractivity contribution in [1.29, 1.82) is 5.41 Å². The van der Waals surface area contributed by atoms with Crippen LogP contribution in [0, 0.1) is 11.3 Å². The van der Waals surface area contributed by atoms with Crippen LogP contribution in [-0.4, -0.2) is 25.5 Å². The molecule has 7 heteroatoms. The molecule has 0 amide bonds. The van der Waals surface area contributed by atoms with E-state index in [1.807, 2.05) is 4.57 Å². The zero-order valence-corrected chi connectivity index (χ0v) is 13.8. The molecule has 0 spiro atoms. The van der Waals surface area contributed by atoms with E-state index in [0.717, 1.165) is 18.7 Å². The first-order chi connectivity index (χ1) is 9.78. The number of nitrogens with zero attached hydrogens (tertiary/aromatic N) is 4. The van der Waals surface area contributed by atoms with E-state index >= 15 is 0 Å². The van der Waals surface area contributed by atoms with Crippen molar-refractivity contribution in [2.75, 3.05) is 0 Å². The average Bonchev–Trinajstić information content (AvgIpc) is 3.08.